The van der Waals surface area contributed by atoms with Crippen molar-refractivity contribution in [1.29, 1.82) is 0 Å². The van der Waals surface area contributed by atoms with Crippen LogP contribution in [-0.2, 0) is 11.2 Å². The standard InChI is InChI=1S/C9H11NO/c1-8-7-10-5-4-9(8)3-2-6-11/h4-7H,2-3H2,1H3. The fourth-order valence-electron chi connectivity index (χ4n) is 0.997. The number of aryl methyl sites for hydroxylation is 2. The summed E-state index contributed by atoms with van der Waals surface area (Å²) in [6, 6.07) is 1.96. The lowest BCUT2D eigenvalue weighted by Crippen LogP contribution is -1.90. The van der Waals surface area contributed by atoms with Crippen molar-refractivity contribution in [2.75, 3.05) is 0 Å². The van der Waals surface area contributed by atoms with Crippen molar-refractivity contribution < 1.29 is 4.79 Å². The number of carbonyl (C=O) groups is 1. The van der Waals surface area contributed by atoms with Crippen LogP contribution in [0, 0.1) is 6.92 Å². The van der Waals surface area contributed by atoms with Gasteiger partial charge in [-0.25, -0.2) is 0 Å². The Bertz CT molecular complexity index is 245. The summed E-state index contributed by atoms with van der Waals surface area (Å²) in [4.78, 5) is 14.0. The first-order valence-electron chi connectivity index (χ1n) is 3.67. The molecule has 0 saturated heterocycles. The summed E-state index contributed by atoms with van der Waals surface area (Å²) in [6.45, 7) is 2.01. The third kappa shape index (κ3) is 2.15. The molecule has 0 aromatic carbocycles. The van der Waals surface area contributed by atoms with Crippen molar-refractivity contribution in [3.63, 3.8) is 0 Å². The lowest BCUT2D eigenvalue weighted by Gasteiger charge is -2.00. The first kappa shape index (κ1) is 7.92. The molecule has 11 heavy (non-hydrogen) atoms. The van der Waals surface area contributed by atoms with Gasteiger partial charge in [-0.15, -0.1) is 0 Å². The van der Waals surface area contributed by atoms with Gasteiger partial charge in [-0.05, 0) is 30.5 Å². The Morgan fingerprint density at radius 3 is 3.09 bits per heavy atom. The minimum absolute atomic E-state index is 0.602. The van der Waals surface area contributed by atoms with Crippen LogP contribution in [0.4, 0.5) is 0 Å². The molecule has 2 nitrogen and oxygen atoms in total. The average Bonchev–Trinajstić information content (AvgIpc) is 2.03. The monoisotopic (exact) mass is 149 g/mol. The highest BCUT2D eigenvalue weighted by Gasteiger charge is 1.95. The lowest BCUT2D eigenvalue weighted by atomic mass is 10.1. The second-order valence-electron chi connectivity index (χ2n) is 2.51. The van der Waals surface area contributed by atoms with Gasteiger partial charge >= 0.3 is 0 Å². The Labute approximate surface area is 66.3 Å². The van der Waals surface area contributed by atoms with Crippen LogP contribution in [0.2, 0.25) is 0 Å². The van der Waals surface area contributed by atoms with Gasteiger partial charge in [-0.2, -0.15) is 0 Å². The molecule has 0 atom stereocenters. The molecule has 0 bridgehead atoms. The third-order valence-electron chi connectivity index (χ3n) is 1.67. The van der Waals surface area contributed by atoms with E-state index in [1.165, 1.54) is 5.56 Å². The second-order valence-corrected chi connectivity index (χ2v) is 2.51. The molecule has 0 radical (unpaired) electrons. The van der Waals surface area contributed by atoms with Crippen LogP contribution in [-0.4, -0.2) is 11.3 Å². The van der Waals surface area contributed by atoms with Crippen LogP contribution in [0.15, 0.2) is 18.5 Å². The van der Waals surface area contributed by atoms with Crippen molar-refractivity contribution in [3.05, 3.63) is 29.6 Å². The quantitative estimate of drug-likeness (QED) is 0.610. The highest BCUT2D eigenvalue weighted by Crippen LogP contribution is 2.06. The predicted octanol–water partition coefficient (Wildman–Crippen LogP) is 1.52. The molecule has 0 unspecified atom stereocenters. The van der Waals surface area contributed by atoms with Gasteiger partial charge in [0, 0.05) is 18.8 Å². The summed E-state index contributed by atoms with van der Waals surface area (Å²) in [7, 11) is 0. The Balaban J connectivity index is 2.69. The summed E-state index contributed by atoms with van der Waals surface area (Å²) in [5, 5.41) is 0. The van der Waals surface area contributed by atoms with Gasteiger partial charge < -0.3 is 4.79 Å². The molecule has 0 amide bonds. The van der Waals surface area contributed by atoms with Crippen molar-refractivity contribution in [2.24, 2.45) is 0 Å². The van der Waals surface area contributed by atoms with E-state index in [0.717, 1.165) is 18.3 Å². The molecule has 0 aliphatic carbocycles. The molecule has 0 N–H and O–H groups in total. The minimum atomic E-state index is 0.602. The highest BCUT2D eigenvalue weighted by atomic mass is 16.1. The van der Waals surface area contributed by atoms with E-state index in [9.17, 15) is 4.79 Å². The molecule has 1 aromatic heterocycles. The SMILES string of the molecule is Cc1cnccc1CCC=O. The number of pyridine rings is 1. The van der Waals surface area contributed by atoms with Crippen LogP contribution in [0.5, 0.6) is 0 Å². The highest BCUT2D eigenvalue weighted by molar-refractivity contribution is 5.50. The number of hydrogen-bond donors (Lipinski definition) is 0. The van der Waals surface area contributed by atoms with Crippen LogP contribution >= 0.6 is 0 Å². The van der Waals surface area contributed by atoms with Gasteiger partial charge in [0.2, 0.25) is 0 Å². The zero-order valence-electron chi connectivity index (χ0n) is 6.58. The molecule has 0 aliphatic heterocycles. The van der Waals surface area contributed by atoms with Crippen molar-refractivity contribution in [2.45, 2.75) is 19.8 Å². The van der Waals surface area contributed by atoms with Crippen molar-refractivity contribution in [3.8, 4) is 0 Å². The largest absolute Gasteiger partial charge is 0.303 e. The fourth-order valence-corrected chi connectivity index (χ4v) is 0.997. The minimum Gasteiger partial charge on any atom is -0.303 e. The molecule has 2 heteroatoms. The molecular weight excluding hydrogens is 138 g/mol. The van der Waals surface area contributed by atoms with E-state index in [0.29, 0.717) is 6.42 Å². The molecule has 0 fully saturated rings. The third-order valence-corrected chi connectivity index (χ3v) is 1.67. The van der Waals surface area contributed by atoms with Crippen molar-refractivity contribution >= 4 is 6.29 Å². The van der Waals surface area contributed by atoms with Gasteiger partial charge in [-0.1, -0.05) is 0 Å². The summed E-state index contributed by atoms with van der Waals surface area (Å²) in [6.07, 6.45) is 5.95. The van der Waals surface area contributed by atoms with Crippen LogP contribution in [0.1, 0.15) is 17.5 Å². The summed E-state index contributed by atoms with van der Waals surface area (Å²) >= 11 is 0. The molecular formula is C9H11NO. The fraction of sp³-hybridized carbons (Fsp3) is 0.333. The molecule has 1 rings (SSSR count). The van der Waals surface area contributed by atoms with Gasteiger partial charge in [-0.3, -0.25) is 4.98 Å². The van der Waals surface area contributed by atoms with Crippen LogP contribution in [0.25, 0.3) is 0 Å². The Kier molecular flexibility index (Phi) is 2.78. The van der Waals surface area contributed by atoms with Gasteiger partial charge in [0.05, 0.1) is 0 Å². The maximum Gasteiger partial charge on any atom is 0.120 e. The first-order chi connectivity index (χ1) is 5.34. The lowest BCUT2D eigenvalue weighted by molar-refractivity contribution is -0.107. The maximum absolute atomic E-state index is 10.1. The summed E-state index contributed by atoms with van der Waals surface area (Å²) in [5.41, 5.74) is 2.38. The maximum atomic E-state index is 10.1. The summed E-state index contributed by atoms with van der Waals surface area (Å²) in [5.74, 6) is 0. The van der Waals surface area contributed by atoms with Crippen LogP contribution in [0.3, 0.4) is 0 Å². The van der Waals surface area contributed by atoms with Crippen molar-refractivity contribution in [1.82, 2.24) is 4.98 Å². The second kappa shape index (κ2) is 3.86. The number of rotatable bonds is 3. The smallest absolute Gasteiger partial charge is 0.120 e. The molecule has 1 aromatic rings. The van der Waals surface area contributed by atoms with E-state index in [1.807, 2.05) is 19.2 Å². The Morgan fingerprint density at radius 2 is 2.45 bits per heavy atom. The zero-order chi connectivity index (χ0) is 8.10. The number of nitrogens with zero attached hydrogens (tertiary/aromatic N) is 1. The van der Waals surface area contributed by atoms with Gasteiger partial charge in [0.1, 0.15) is 6.29 Å². The van der Waals surface area contributed by atoms with E-state index in [2.05, 4.69) is 4.98 Å². The van der Waals surface area contributed by atoms with E-state index >= 15 is 0 Å². The van der Waals surface area contributed by atoms with Gasteiger partial charge in [0.15, 0.2) is 0 Å². The Hall–Kier alpha value is -1.18. The van der Waals surface area contributed by atoms with E-state index < -0.39 is 0 Å². The van der Waals surface area contributed by atoms with E-state index in [1.54, 1.807) is 6.20 Å². The number of hydrogen-bond acceptors (Lipinski definition) is 2. The van der Waals surface area contributed by atoms with E-state index in [4.69, 9.17) is 0 Å². The summed E-state index contributed by atoms with van der Waals surface area (Å²) < 4.78 is 0. The molecule has 0 aliphatic rings. The Morgan fingerprint density at radius 1 is 1.64 bits per heavy atom. The average molecular weight is 149 g/mol. The topological polar surface area (TPSA) is 30.0 Å². The van der Waals surface area contributed by atoms with Gasteiger partial charge in [0.25, 0.3) is 0 Å². The van der Waals surface area contributed by atoms with Crippen LogP contribution < -0.4 is 0 Å². The number of aldehydes is 1. The molecule has 58 valence electrons. The normalized spacial score (nSPS) is 9.55. The van der Waals surface area contributed by atoms with E-state index in [-0.39, 0.29) is 0 Å². The number of aromatic nitrogens is 1. The first-order valence-corrected chi connectivity index (χ1v) is 3.67. The number of carbonyl (C=O) groups excluding carboxylic acids is 1. The molecule has 1 heterocycles. The predicted molar refractivity (Wildman–Crippen MR) is 43.4 cm³/mol. The zero-order valence-corrected chi connectivity index (χ0v) is 6.58. The molecule has 0 spiro atoms. The molecule has 0 saturated carbocycles.